The quantitative estimate of drug-likeness (QED) is 0.692. The molecule has 0 aliphatic heterocycles. The fraction of sp³-hybridized carbons (Fsp3) is 0.833. The van der Waals surface area contributed by atoms with Crippen LogP contribution in [0.4, 0.5) is 0 Å². The number of amides is 1. The summed E-state index contributed by atoms with van der Waals surface area (Å²) in [7, 11) is 1.73. The normalized spacial score (nSPS) is 22.8. The lowest BCUT2D eigenvalue weighted by Gasteiger charge is -2.34. The summed E-state index contributed by atoms with van der Waals surface area (Å²) in [5.41, 5.74) is 0. The largest absolute Gasteiger partial charge is 0.466 e. The third-order valence-corrected chi connectivity index (χ3v) is 3.02. The molecule has 0 aromatic heterocycles. The summed E-state index contributed by atoms with van der Waals surface area (Å²) in [6, 6.07) is 0. The van der Waals surface area contributed by atoms with E-state index >= 15 is 0 Å². The Hall–Kier alpha value is -1.10. The number of carbonyl (C=O) groups excluding carboxylic acids is 2. The van der Waals surface area contributed by atoms with Gasteiger partial charge in [0.15, 0.2) is 0 Å². The van der Waals surface area contributed by atoms with Gasteiger partial charge in [-0.2, -0.15) is 0 Å². The van der Waals surface area contributed by atoms with Crippen LogP contribution in [0.1, 0.15) is 32.6 Å². The summed E-state index contributed by atoms with van der Waals surface area (Å²) in [6.07, 6.45) is 1.70. The van der Waals surface area contributed by atoms with Gasteiger partial charge in [-0.15, -0.1) is 0 Å². The molecule has 17 heavy (non-hydrogen) atoms. The summed E-state index contributed by atoms with van der Waals surface area (Å²) >= 11 is 0. The maximum Gasteiger partial charge on any atom is 0.306 e. The number of nitrogens with zero attached hydrogens (tertiary/aromatic N) is 1. The highest BCUT2D eigenvalue weighted by Gasteiger charge is 2.29. The van der Waals surface area contributed by atoms with Crippen LogP contribution in [0.15, 0.2) is 0 Å². The minimum Gasteiger partial charge on any atom is -0.466 e. The summed E-state index contributed by atoms with van der Waals surface area (Å²) in [6.45, 7) is 2.76. The number of esters is 1. The highest BCUT2D eigenvalue weighted by atomic mass is 16.5. The minimum absolute atomic E-state index is 0.0422. The van der Waals surface area contributed by atoms with Gasteiger partial charge in [0.2, 0.25) is 5.91 Å². The van der Waals surface area contributed by atoms with Crippen LogP contribution in [0.2, 0.25) is 0 Å². The first-order valence-corrected chi connectivity index (χ1v) is 6.10. The molecule has 1 rings (SSSR count). The van der Waals surface area contributed by atoms with Crippen molar-refractivity contribution in [2.45, 2.75) is 38.7 Å². The van der Waals surface area contributed by atoms with Crippen LogP contribution in [0.25, 0.3) is 0 Å². The Morgan fingerprint density at radius 2 is 2.00 bits per heavy atom. The Labute approximate surface area is 102 Å². The first kappa shape index (κ1) is 14.0. The molecule has 0 bridgehead atoms. The molecule has 1 amide bonds. The van der Waals surface area contributed by atoms with E-state index in [1.165, 1.54) is 0 Å². The lowest BCUT2D eigenvalue weighted by Crippen LogP contribution is -2.39. The summed E-state index contributed by atoms with van der Waals surface area (Å²) < 4.78 is 4.76. The van der Waals surface area contributed by atoms with Gasteiger partial charge in [-0.3, -0.25) is 9.59 Å². The van der Waals surface area contributed by atoms with Gasteiger partial charge in [-0.1, -0.05) is 0 Å². The van der Waals surface area contributed by atoms with Crippen LogP contribution in [0, 0.1) is 5.92 Å². The second kappa shape index (κ2) is 6.59. The van der Waals surface area contributed by atoms with Crippen LogP contribution >= 0.6 is 0 Å². The van der Waals surface area contributed by atoms with E-state index in [-0.39, 0.29) is 30.8 Å². The van der Waals surface area contributed by atoms with Crippen molar-refractivity contribution in [1.29, 1.82) is 0 Å². The molecule has 0 heterocycles. The number of aliphatic hydroxyl groups excluding tert-OH is 1. The molecular weight excluding hydrogens is 222 g/mol. The molecule has 0 spiro atoms. The Balaban J connectivity index is 2.16. The average molecular weight is 243 g/mol. The van der Waals surface area contributed by atoms with Gasteiger partial charge in [0.05, 0.1) is 19.1 Å². The predicted octanol–water partition coefficient (Wildman–Crippen LogP) is 0.559. The highest BCUT2D eigenvalue weighted by molar-refractivity contribution is 5.81. The van der Waals surface area contributed by atoms with Gasteiger partial charge in [0.1, 0.15) is 0 Å². The van der Waals surface area contributed by atoms with Gasteiger partial charge in [0, 0.05) is 20.0 Å². The maximum atomic E-state index is 11.7. The number of ether oxygens (including phenoxy) is 1. The van der Waals surface area contributed by atoms with Crippen molar-refractivity contribution in [3.8, 4) is 0 Å². The third kappa shape index (κ3) is 4.73. The topological polar surface area (TPSA) is 66.8 Å². The van der Waals surface area contributed by atoms with Crippen LogP contribution < -0.4 is 0 Å². The van der Waals surface area contributed by atoms with Crippen molar-refractivity contribution in [2.75, 3.05) is 20.2 Å². The number of rotatable bonds is 6. The first-order valence-electron chi connectivity index (χ1n) is 6.10. The first-order chi connectivity index (χ1) is 8.02. The SMILES string of the molecule is CCOC(=O)CCC(=O)N(C)CC1CC(O)C1. The fourth-order valence-corrected chi connectivity index (χ4v) is 1.97. The fourth-order valence-electron chi connectivity index (χ4n) is 1.97. The van der Waals surface area contributed by atoms with Crippen molar-refractivity contribution < 1.29 is 19.4 Å². The lowest BCUT2D eigenvalue weighted by atomic mass is 9.82. The van der Waals surface area contributed by atoms with Crippen LogP contribution in [-0.2, 0) is 14.3 Å². The molecule has 0 unspecified atom stereocenters. The Bertz CT molecular complexity index is 274. The van der Waals surface area contributed by atoms with E-state index in [0.717, 1.165) is 12.8 Å². The number of aliphatic hydroxyl groups is 1. The van der Waals surface area contributed by atoms with E-state index in [4.69, 9.17) is 9.84 Å². The van der Waals surface area contributed by atoms with E-state index in [1.54, 1.807) is 18.9 Å². The standard InChI is InChI=1S/C12H21NO4/c1-3-17-12(16)5-4-11(15)13(2)8-9-6-10(14)7-9/h9-10,14H,3-8H2,1-2H3. The molecule has 5 nitrogen and oxygen atoms in total. The Morgan fingerprint density at radius 3 is 2.53 bits per heavy atom. The minimum atomic E-state index is -0.326. The second-order valence-corrected chi connectivity index (χ2v) is 4.57. The summed E-state index contributed by atoms with van der Waals surface area (Å²) in [4.78, 5) is 24.4. The van der Waals surface area contributed by atoms with Crippen LogP contribution in [0.3, 0.4) is 0 Å². The van der Waals surface area contributed by atoms with E-state index in [2.05, 4.69) is 0 Å². The van der Waals surface area contributed by atoms with Crippen molar-refractivity contribution in [2.24, 2.45) is 5.92 Å². The van der Waals surface area contributed by atoms with E-state index in [0.29, 0.717) is 19.1 Å². The number of carbonyl (C=O) groups is 2. The van der Waals surface area contributed by atoms with Gasteiger partial charge in [-0.25, -0.2) is 0 Å². The molecule has 5 heteroatoms. The zero-order valence-corrected chi connectivity index (χ0v) is 10.5. The molecule has 98 valence electrons. The maximum absolute atomic E-state index is 11.7. The lowest BCUT2D eigenvalue weighted by molar-refractivity contribution is -0.145. The zero-order chi connectivity index (χ0) is 12.8. The summed E-state index contributed by atoms with van der Waals surface area (Å²) in [5, 5.41) is 9.14. The monoisotopic (exact) mass is 243 g/mol. The summed E-state index contributed by atoms with van der Waals surface area (Å²) in [5.74, 6) is 0.0364. The molecule has 0 aromatic rings. The number of hydrogen-bond acceptors (Lipinski definition) is 4. The van der Waals surface area contributed by atoms with Gasteiger partial charge < -0.3 is 14.7 Å². The third-order valence-electron chi connectivity index (χ3n) is 3.02. The molecule has 1 aliphatic carbocycles. The molecule has 1 N–H and O–H groups in total. The van der Waals surface area contributed by atoms with E-state index in [1.807, 2.05) is 0 Å². The van der Waals surface area contributed by atoms with Crippen LogP contribution in [0.5, 0.6) is 0 Å². The smallest absolute Gasteiger partial charge is 0.306 e. The molecule has 0 atom stereocenters. The Morgan fingerprint density at radius 1 is 1.35 bits per heavy atom. The molecule has 1 aliphatic rings. The Kier molecular flexibility index (Phi) is 5.41. The second-order valence-electron chi connectivity index (χ2n) is 4.57. The molecule has 0 radical (unpaired) electrons. The predicted molar refractivity (Wildman–Crippen MR) is 62.2 cm³/mol. The van der Waals surface area contributed by atoms with Gasteiger partial charge in [-0.05, 0) is 25.7 Å². The molecule has 0 saturated heterocycles. The number of hydrogen-bond donors (Lipinski definition) is 1. The zero-order valence-electron chi connectivity index (χ0n) is 10.5. The molecule has 1 saturated carbocycles. The van der Waals surface area contributed by atoms with Gasteiger partial charge in [0.25, 0.3) is 0 Å². The molecule has 1 fully saturated rings. The van der Waals surface area contributed by atoms with Crippen LogP contribution in [-0.4, -0.2) is 48.2 Å². The van der Waals surface area contributed by atoms with Crippen molar-refractivity contribution in [3.05, 3.63) is 0 Å². The molecule has 0 aromatic carbocycles. The van der Waals surface area contributed by atoms with Crippen molar-refractivity contribution in [1.82, 2.24) is 4.90 Å². The average Bonchev–Trinajstić information content (AvgIpc) is 2.24. The van der Waals surface area contributed by atoms with E-state index in [9.17, 15) is 9.59 Å². The van der Waals surface area contributed by atoms with E-state index < -0.39 is 0 Å². The van der Waals surface area contributed by atoms with Crippen molar-refractivity contribution in [3.63, 3.8) is 0 Å². The highest BCUT2D eigenvalue weighted by Crippen LogP contribution is 2.27. The molecular formula is C12H21NO4. The van der Waals surface area contributed by atoms with Gasteiger partial charge >= 0.3 is 5.97 Å². The van der Waals surface area contributed by atoms with Crippen molar-refractivity contribution >= 4 is 11.9 Å².